The average molecular weight is 111 g/mol. The molecule has 1 aliphatic carbocycles. The third-order valence-electron chi connectivity index (χ3n) is 2.38. The summed E-state index contributed by atoms with van der Waals surface area (Å²) in [6.07, 6.45) is 3.53. The van der Waals surface area contributed by atoms with E-state index in [9.17, 15) is 4.79 Å². The van der Waals surface area contributed by atoms with Crippen molar-refractivity contribution in [2.45, 2.75) is 19.3 Å². The molecule has 0 aromatic rings. The highest BCUT2D eigenvalue weighted by molar-refractivity contribution is 5.89. The molecule has 2 heteroatoms. The van der Waals surface area contributed by atoms with Crippen molar-refractivity contribution in [3.05, 3.63) is 0 Å². The molecule has 0 aromatic carbocycles. The van der Waals surface area contributed by atoms with E-state index < -0.39 is 0 Å². The van der Waals surface area contributed by atoms with E-state index in [1.165, 1.54) is 6.42 Å². The molecule has 2 rings (SSSR count). The lowest BCUT2D eigenvalue weighted by Gasteiger charge is -2.47. The SMILES string of the molecule is O=C1NCC12CCC2. The normalized spacial score (nSPS) is 30.8. The number of carbonyl (C=O) groups excluding carboxylic acids is 1. The van der Waals surface area contributed by atoms with Crippen LogP contribution in [0.4, 0.5) is 0 Å². The number of carbonyl (C=O) groups is 1. The van der Waals surface area contributed by atoms with Gasteiger partial charge in [-0.15, -0.1) is 0 Å². The molecule has 2 aliphatic rings. The monoisotopic (exact) mass is 111 g/mol. The molecule has 0 radical (unpaired) electrons. The Morgan fingerprint density at radius 2 is 2.25 bits per heavy atom. The summed E-state index contributed by atoms with van der Waals surface area (Å²) in [5.41, 5.74) is 0.153. The van der Waals surface area contributed by atoms with Crippen molar-refractivity contribution in [3.8, 4) is 0 Å². The predicted octanol–water partition coefficient (Wildman–Crippen LogP) is 0.286. The van der Waals surface area contributed by atoms with Crippen LogP contribution in [0.5, 0.6) is 0 Å². The molecule has 1 spiro atoms. The first-order valence-corrected chi connectivity index (χ1v) is 3.12. The Morgan fingerprint density at radius 3 is 2.25 bits per heavy atom. The van der Waals surface area contributed by atoms with Crippen molar-refractivity contribution in [3.63, 3.8) is 0 Å². The fourth-order valence-electron chi connectivity index (χ4n) is 1.42. The molecule has 0 aromatic heterocycles. The van der Waals surface area contributed by atoms with Gasteiger partial charge in [0.25, 0.3) is 0 Å². The molecule has 0 unspecified atom stereocenters. The summed E-state index contributed by atoms with van der Waals surface area (Å²) in [5.74, 6) is 0.295. The zero-order chi connectivity index (χ0) is 5.61. The van der Waals surface area contributed by atoms with Crippen LogP contribution in [0.2, 0.25) is 0 Å². The Bertz CT molecular complexity index is 132. The summed E-state index contributed by atoms with van der Waals surface area (Å²) in [6.45, 7) is 0.950. The molecule has 0 bridgehead atoms. The van der Waals surface area contributed by atoms with E-state index in [1.807, 2.05) is 0 Å². The Kier molecular flexibility index (Phi) is 0.581. The van der Waals surface area contributed by atoms with Gasteiger partial charge in [-0.2, -0.15) is 0 Å². The summed E-state index contributed by atoms with van der Waals surface area (Å²) in [6, 6.07) is 0. The van der Waals surface area contributed by atoms with Crippen molar-refractivity contribution >= 4 is 5.91 Å². The molecule has 2 nitrogen and oxygen atoms in total. The quantitative estimate of drug-likeness (QED) is 0.447. The molecule has 1 heterocycles. The molecule has 1 aliphatic heterocycles. The zero-order valence-electron chi connectivity index (χ0n) is 4.74. The standard InChI is InChI=1S/C6H9NO/c8-5-6(4-7-5)2-1-3-6/h1-4H2,(H,7,8). The Balaban J connectivity index is 2.14. The third kappa shape index (κ3) is 0.288. The molecule has 1 N–H and O–H groups in total. The van der Waals surface area contributed by atoms with E-state index in [0.717, 1.165) is 19.4 Å². The number of β-lactam (4-membered cyclic amide) rings is 1. The minimum Gasteiger partial charge on any atom is -0.354 e. The lowest BCUT2D eigenvalue weighted by Crippen LogP contribution is -2.62. The second kappa shape index (κ2) is 1.07. The van der Waals surface area contributed by atoms with Crippen molar-refractivity contribution in [2.24, 2.45) is 5.41 Å². The van der Waals surface area contributed by atoms with E-state index in [4.69, 9.17) is 0 Å². The van der Waals surface area contributed by atoms with Gasteiger partial charge in [0.05, 0.1) is 5.41 Å². The third-order valence-corrected chi connectivity index (χ3v) is 2.38. The summed E-state index contributed by atoms with van der Waals surface area (Å²) in [7, 11) is 0. The Labute approximate surface area is 48.3 Å². The van der Waals surface area contributed by atoms with Crippen LogP contribution in [0.3, 0.4) is 0 Å². The van der Waals surface area contributed by atoms with Crippen molar-refractivity contribution in [1.29, 1.82) is 0 Å². The van der Waals surface area contributed by atoms with Crippen LogP contribution in [0.15, 0.2) is 0 Å². The smallest absolute Gasteiger partial charge is 0.228 e. The highest BCUT2D eigenvalue weighted by Gasteiger charge is 2.50. The first-order valence-electron chi connectivity index (χ1n) is 3.12. The second-order valence-corrected chi connectivity index (χ2v) is 2.82. The molecule has 8 heavy (non-hydrogen) atoms. The Morgan fingerprint density at radius 1 is 1.50 bits per heavy atom. The second-order valence-electron chi connectivity index (χ2n) is 2.82. The maximum absolute atomic E-state index is 10.7. The van der Waals surface area contributed by atoms with Gasteiger partial charge in [-0.05, 0) is 12.8 Å². The topological polar surface area (TPSA) is 29.1 Å². The zero-order valence-corrected chi connectivity index (χ0v) is 4.74. The van der Waals surface area contributed by atoms with Gasteiger partial charge in [-0.25, -0.2) is 0 Å². The van der Waals surface area contributed by atoms with E-state index in [0.29, 0.717) is 5.91 Å². The Hall–Kier alpha value is -0.530. The summed E-state index contributed by atoms with van der Waals surface area (Å²) in [4.78, 5) is 10.7. The maximum Gasteiger partial charge on any atom is 0.228 e. The first-order chi connectivity index (χ1) is 3.83. The van der Waals surface area contributed by atoms with Gasteiger partial charge in [-0.3, -0.25) is 4.79 Å². The van der Waals surface area contributed by atoms with Crippen LogP contribution in [0, 0.1) is 5.41 Å². The van der Waals surface area contributed by atoms with Gasteiger partial charge >= 0.3 is 0 Å². The van der Waals surface area contributed by atoms with Gasteiger partial charge in [0.15, 0.2) is 0 Å². The van der Waals surface area contributed by atoms with E-state index in [-0.39, 0.29) is 5.41 Å². The van der Waals surface area contributed by atoms with Gasteiger partial charge in [0.1, 0.15) is 0 Å². The number of hydrogen-bond donors (Lipinski definition) is 1. The predicted molar refractivity (Wildman–Crippen MR) is 29.3 cm³/mol. The lowest BCUT2D eigenvalue weighted by atomic mass is 9.64. The number of hydrogen-bond acceptors (Lipinski definition) is 1. The van der Waals surface area contributed by atoms with Gasteiger partial charge in [0, 0.05) is 6.54 Å². The highest BCUT2D eigenvalue weighted by atomic mass is 16.2. The number of amides is 1. The number of nitrogens with one attached hydrogen (secondary N) is 1. The van der Waals surface area contributed by atoms with E-state index >= 15 is 0 Å². The fourth-order valence-corrected chi connectivity index (χ4v) is 1.42. The van der Waals surface area contributed by atoms with Crippen molar-refractivity contribution < 1.29 is 4.79 Å². The minimum atomic E-state index is 0.153. The molecule has 1 amide bonds. The molecular weight excluding hydrogens is 102 g/mol. The van der Waals surface area contributed by atoms with Crippen LogP contribution in [0.1, 0.15) is 19.3 Å². The molecule has 2 fully saturated rings. The number of rotatable bonds is 0. The summed E-state index contributed by atoms with van der Waals surface area (Å²) < 4.78 is 0. The average Bonchev–Trinajstić information content (AvgIpc) is 1.58. The lowest BCUT2D eigenvalue weighted by molar-refractivity contribution is -0.146. The van der Waals surface area contributed by atoms with Crippen LogP contribution in [0.25, 0.3) is 0 Å². The molecule has 1 saturated heterocycles. The largest absolute Gasteiger partial charge is 0.354 e. The highest BCUT2D eigenvalue weighted by Crippen LogP contribution is 2.44. The van der Waals surface area contributed by atoms with Gasteiger partial charge in [-0.1, -0.05) is 6.42 Å². The van der Waals surface area contributed by atoms with Gasteiger partial charge < -0.3 is 5.32 Å². The minimum absolute atomic E-state index is 0.153. The summed E-state index contributed by atoms with van der Waals surface area (Å²) in [5, 5.41) is 2.76. The van der Waals surface area contributed by atoms with Crippen molar-refractivity contribution in [2.75, 3.05) is 6.54 Å². The molecule has 1 saturated carbocycles. The fraction of sp³-hybridized carbons (Fsp3) is 0.833. The van der Waals surface area contributed by atoms with Crippen molar-refractivity contribution in [1.82, 2.24) is 5.32 Å². The van der Waals surface area contributed by atoms with Crippen LogP contribution in [-0.2, 0) is 4.79 Å². The molecular formula is C6H9NO. The summed E-state index contributed by atoms with van der Waals surface area (Å²) >= 11 is 0. The van der Waals surface area contributed by atoms with Crippen LogP contribution in [-0.4, -0.2) is 12.5 Å². The molecule has 44 valence electrons. The molecule has 0 atom stereocenters. The van der Waals surface area contributed by atoms with Gasteiger partial charge in [0.2, 0.25) is 5.91 Å². The maximum atomic E-state index is 10.7. The first kappa shape index (κ1) is 4.36. The van der Waals surface area contributed by atoms with E-state index in [2.05, 4.69) is 5.32 Å². The van der Waals surface area contributed by atoms with E-state index in [1.54, 1.807) is 0 Å². The van der Waals surface area contributed by atoms with Crippen LogP contribution >= 0.6 is 0 Å². The van der Waals surface area contributed by atoms with Crippen LogP contribution < -0.4 is 5.32 Å².